The zero-order valence-electron chi connectivity index (χ0n) is 33.6. The Bertz CT molecular complexity index is 3730. The largest absolute Gasteiger partial charge is 0.456 e. The number of benzene rings is 9. The summed E-state index contributed by atoms with van der Waals surface area (Å²) < 4.78 is 20.5. The number of anilines is 3. The van der Waals surface area contributed by atoms with Gasteiger partial charge in [0.25, 0.3) is 0 Å². The van der Waals surface area contributed by atoms with Gasteiger partial charge in [0.15, 0.2) is 5.58 Å². The zero-order valence-corrected chi connectivity index (χ0v) is 33.6. The molecule has 9 aromatic carbocycles. The van der Waals surface area contributed by atoms with E-state index in [4.69, 9.17) is 13.3 Å². The molecule has 3 aromatic heterocycles. The van der Waals surface area contributed by atoms with Gasteiger partial charge in [0.1, 0.15) is 27.9 Å². The molecular formula is C57H37NO3. The molecule has 0 unspecified atom stereocenters. The highest BCUT2D eigenvalue weighted by atomic mass is 16.3. The van der Waals surface area contributed by atoms with Crippen molar-refractivity contribution in [3.8, 4) is 33.4 Å². The Labute approximate surface area is 351 Å². The zero-order chi connectivity index (χ0) is 40.4. The van der Waals surface area contributed by atoms with Crippen molar-refractivity contribution < 1.29 is 13.3 Å². The van der Waals surface area contributed by atoms with Gasteiger partial charge in [0, 0.05) is 55.0 Å². The molecule has 61 heavy (non-hydrogen) atoms. The SMILES string of the molecule is CC1(C)c2ccccc2-c2ccc(N(c3ccc4c(c3)oc3c(-c5ccc(-c6ccccc6)cc5)c5c(cc34)oc3ccccc35)c3cccc4c3oc3ccccc34)cc21. The monoisotopic (exact) mass is 783 g/mol. The van der Waals surface area contributed by atoms with Gasteiger partial charge >= 0.3 is 0 Å². The molecule has 0 spiro atoms. The van der Waals surface area contributed by atoms with E-state index in [9.17, 15) is 0 Å². The first-order chi connectivity index (χ1) is 30.0. The van der Waals surface area contributed by atoms with Gasteiger partial charge < -0.3 is 18.2 Å². The first-order valence-corrected chi connectivity index (χ1v) is 20.9. The molecule has 1 aliphatic carbocycles. The fourth-order valence-electron chi connectivity index (χ4n) is 10.1. The van der Waals surface area contributed by atoms with Crippen LogP contribution in [0.2, 0.25) is 0 Å². The van der Waals surface area contributed by atoms with Gasteiger partial charge in [-0.15, -0.1) is 0 Å². The van der Waals surface area contributed by atoms with Gasteiger partial charge in [-0.3, -0.25) is 0 Å². The molecule has 4 heteroatoms. The maximum Gasteiger partial charge on any atom is 0.159 e. The second-order valence-electron chi connectivity index (χ2n) is 16.8. The molecule has 0 N–H and O–H groups in total. The normalized spacial score (nSPS) is 13.2. The van der Waals surface area contributed by atoms with Crippen LogP contribution < -0.4 is 4.90 Å². The summed E-state index contributed by atoms with van der Waals surface area (Å²) >= 11 is 0. The van der Waals surface area contributed by atoms with Crippen LogP contribution in [0.25, 0.3) is 99.2 Å². The second-order valence-corrected chi connectivity index (χ2v) is 16.8. The van der Waals surface area contributed by atoms with Crippen LogP contribution in [0.4, 0.5) is 17.1 Å². The van der Waals surface area contributed by atoms with E-state index in [-0.39, 0.29) is 5.41 Å². The minimum absolute atomic E-state index is 0.168. The molecule has 0 radical (unpaired) electrons. The Balaban J connectivity index is 1.05. The van der Waals surface area contributed by atoms with Crippen molar-refractivity contribution in [3.05, 3.63) is 199 Å². The van der Waals surface area contributed by atoms with Crippen LogP contribution in [0.15, 0.2) is 201 Å². The average molecular weight is 784 g/mol. The van der Waals surface area contributed by atoms with E-state index in [2.05, 4.69) is 183 Å². The van der Waals surface area contributed by atoms with E-state index >= 15 is 0 Å². The standard InChI is InChI=1S/C57H37NO3/c1-57(2)46-19-9-6-15-39(46)40-29-27-37(31-47(40)57)58(48-20-12-18-43-41-16-7-10-21-49(41)60-55(43)48)38-28-30-42-45-33-52-54(44-17-8-11-22-50(44)59-52)53(56(45)61-51(42)32-38)36-25-23-35(24-26-36)34-13-4-3-5-14-34/h3-33H,1-2H3. The third kappa shape index (κ3) is 4.93. The summed E-state index contributed by atoms with van der Waals surface area (Å²) in [5, 5.41) is 6.33. The summed E-state index contributed by atoms with van der Waals surface area (Å²) in [6.07, 6.45) is 0. The number of furan rings is 3. The van der Waals surface area contributed by atoms with Crippen molar-refractivity contribution in [2.24, 2.45) is 0 Å². The van der Waals surface area contributed by atoms with Gasteiger partial charge in [0.05, 0.1) is 11.4 Å². The van der Waals surface area contributed by atoms with Gasteiger partial charge in [-0.1, -0.05) is 147 Å². The quantitative estimate of drug-likeness (QED) is 0.174. The predicted molar refractivity (Wildman–Crippen MR) is 251 cm³/mol. The highest BCUT2D eigenvalue weighted by molar-refractivity contribution is 6.24. The smallest absolute Gasteiger partial charge is 0.159 e. The molecule has 0 fully saturated rings. The predicted octanol–water partition coefficient (Wildman–Crippen LogP) is 16.5. The third-order valence-electron chi connectivity index (χ3n) is 13.1. The molecular weight excluding hydrogens is 747 g/mol. The first kappa shape index (κ1) is 34.1. The molecule has 0 saturated heterocycles. The van der Waals surface area contributed by atoms with Crippen molar-refractivity contribution >= 4 is 82.9 Å². The maximum absolute atomic E-state index is 7.13. The van der Waals surface area contributed by atoms with Crippen molar-refractivity contribution in [1.82, 2.24) is 0 Å². The number of fused-ring (bicyclic) bond motifs is 12. The van der Waals surface area contributed by atoms with Crippen molar-refractivity contribution in [3.63, 3.8) is 0 Å². The summed E-state index contributed by atoms with van der Waals surface area (Å²) in [4.78, 5) is 2.33. The van der Waals surface area contributed by atoms with E-state index in [0.717, 1.165) is 99.6 Å². The minimum atomic E-state index is -0.168. The fourth-order valence-corrected chi connectivity index (χ4v) is 10.1. The van der Waals surface area contributed by atoms with Crippen LogP contribution >= 0.6 is 0 Å². The topological polar surface area (TPSA) is 42.7 Å². The number of hydrogen-bond acceptors (Lipinski definition) is 4. The molecule has 0 atom stereocenters. The van der Waals surface area contributed by atoms with Gasteiger partial charge in [-0.25, -0.2) is 0 Å². The Morgan fingerprint density at radius 2 is 1.00 bits per heavy atom. The van der Waals surface area contributed by atoms with E-state index in [1.807, 2.05) is 24.3 Å². The highest BCUT2D eigenvalue weighted by Crippen LogP contribution is 2.52. The molecule has 0 amide bonds. The molecule has 12 aromatic rings. The summed E-state index contributed by atoms with van der Waals surface area (Å²) in [5.74, 6) is 0. The molecule has 4 nitrogen and oxygen atoms in total. The second kappa shape index (κ2) is 12.6. The van der Waals surface area contributed by atoms with E-state index < -0.39 is 0 Å². The van der Waals surface area contributed by atoms with Crippen LogP contribution in [0.5, 0.6) is 0 Å². The lowest BCUT2D eigenvalue weighted by molar-refractivity contribution is 0.660. The maximum atomic E-state index is 7.13. The van der Waals surface area contributed by atoms with Crippen LogP contribution in [-0.2, 0) is 5.41 Å². The fraction of sp³-hybridized carbons (Fsp3) is 0.0526. The van der Waals surface area contributed by atoms with Crippen molar-refractivity contribution in [2.75, 3.05) is 4.90 Å². The molecule has 13 rings (SSSR count). The molecule has 1 aliphatic rings. The Hall–Kier alpha value is -7.82. The van der Waals surface area contributed by atoms with Crippen LogP contribution in [-0.4, -0.2) is 0 Å². The van der Waals surface area contributed by atoms with Gasteiger partial charge in [0.2, 0.25) is 0 Å². The van der Waals surface area contributed by atoms with Crippen molar-refractivity contribution in [1.29, 1.82) is 0 Å². The average Bonchev–Trinajstić information content (AvgIpc) is 4.04. The summed E-state index contributed by atoms with van der Waals surface area (Å²) in [5.41, 5.74) is 17.5. The van der Waals surface area contributed by atoms with E-state index in [0.29, 0.717) is 0 Å². The van der Waals surface area contributed by atoms with E-state index in [1.54, 1.807) is 0 Å². The van der Waals surface area contributed by atoms with Crippen LogP contribution in [0, 0.1) is 0 Å². The Morgan fingerprint density at radius 1 is 0.377 bits per heavy atom. The highest BCUT2D eigenvalue weighted by Gasteiger charge is 2.36. The molecule has 288 valence electrons. The summed E-state index contributed by atoms with van der Waals surface area (Å²) in [6, 6.07) is 66.8. The number of para-hydroxylation sites is 3. The van der Waals surface area contributed by atoms with E-state index in [1.165, 1.54) is 27.8 Å². The molecule has 3 heterocycles. The first-order valence-electron chi connectivity index (χ1n) is 20.9. The number of rotatable bonds is 5. The summed E-state index contributed by atoms with van der Waals surface area (Å²) in [6.45, 7) is 4.66. The lowest BCUT2D eigenvalue weighted by Crippen LogP contribution is -2.16. The molecule has 0 saturated carbocycles. The number of nitrogens with zero attached hydrogens (tertiary/aromatic N) is 1. The lowest BCUT2D eigenvalue weighted by atomic mass is 9.82. The number of hydrogen-bond donors (Lipinski definition) is 0. The summed E-state index contributed by atoms with van der Waals surface area (Å²) in [7, 11) is 0. The third-order valence-corrected chi connectivity index (χ3v) is 13.1. The van der Waals surface area contributed by atoms with Crippen LogP contribution in [0.3, 0.4) is 0 Å². The molecule has 0 bridgehead atoms. The lowest BCUT2D eigenvalue weighted by Gasteiger charge is -2.28. The Kier molecular flexibility index (Phi) is 7.04. The van der Waals surface area contributed by atoms with Crippen molar-refractivity contribution in [2.45, 2.75) is 19.3 Å². The molecule has 0 aliphatic heterocycles. The van der Waals surface area contributed by atoms with Gasteiger partial charge in [-0.05, 0) is 87.5 Å². The minimum Gasteiger partial charge on any atom is -0.456 e. The van der Waals surface area contributed by atoms with Crippen LogP contribution in [0.1, 0.15) is 25.0 Å². The van der Waals surface area contributed by atoms with Gasteiger partial charge in [-0.2, -0.15) is 0 Å². The Morgan fingerprint density at radius 3 is 1.85 bits per heavy atom.